The molecule has 14 heavy (non-hydrogen) atoms. The molecule has 0 saturated heterocycles. The zero-order valence-corrected chi connectivity index (χ0v) is 8.78. The molecule has 0 aliphatic heterocycles. The highest BCUT2D eigenvalue weighted by molar-refractivity contribution is 5.85. The first kappa shape index (κ1) is 9.21. The molecule has 3 nitrogen and oxygen atoms in total. The Labute approximate surface area is 83.5 Å². The van der Waals surface area contributed by atoms with Crippen LogP contribution in [0.25, 0.3) is 10.9 Å². The van der Waals surface area contributed by atoms with Crippen LogP contribution >= 0.6 is 0 Å². The van der Waals surface area contributed by atoms with Crippen LogP contribution in [0.4, 0.5) is 0 Å². The minimum Gasteiger partial charge on any atom is -0.324 e. The van der Waals surface area contributed by atoms with E-state index in [1.54, 1.807) is 0 Å². The number of aryl methyl sites for hydroxylation is 2. The van der Waals surface area contributed by atoms with Gasteiger partial charge < -0.3 is 5.73 Å². The van der Waals surface area contributed by atoms with Crippen molar-refractivity contribution in [3.63, 3.8) is 0 Å². The molecule has 2 N–H and O–H groups in total. The molecule has 1 aromatic heterocycles. The van der Waals surface area contributed by atoms with Crippen molar-refractivity contribution in [2.45, 2.75) is 19.9 Å². The maximum Gasteiger partial charge on any atom is 0.0729 e. The van der Waals surface area contributed by atoms with Gasteiger partial charge >= 0.3 is 0 Å². The quantitative estimate of drug-likeness (QED) is 0.744. The zero-order chi connectivity index (χ0) is 10.3. The highest BCUT2D eigenvalue weighted by Gasteiger charge is 2.10. The molecule has 0 saturated carbocycles. The second kappa shape index (κ2) is 3.10. The molecule has 0 aliphatic carbocycles. The molecule has 0 spiro atoms. The van der Waals surface area contributed by atoms with Crippen LogP contribution in [0, 0.1) is 6.92 Å². The molecule has 2 rings (SSSR count). The summed E-state index contributed by atoms with van der Waals surface area (Å²) < 4.78 is 1.91. The second-order valence-corrected chi connectivity index (χ2v) is 3.74. The Morgan fingerprint density at radius 3 is 2.79 bits per heavy atom. The van der Waals surface area contributed by atoms with Gasteiger partial charge in [0.1, 0.15) is 0 Å². The van der Waals surface area contributed by atoms with E-state index in [-0.39, 0.29) is 6.04 Å². The number of benzene rings is 1. The molecule has 1 heterocycles. The Balaban J connectivity index is 2.85. The van der Waals surface area contributed by atoms with E-state index in [1.807, 2.05) is 31.6 Å². The van der Waals surface area contributed by atoms with E-state index < -0.39 is 0 Å². The van der Waals surface area contributed by atoms with E-state index in [0.717, 1.165) is 16.8 Å². The number of nitrogens with two attached hydrogens (primary N) is 1. The number of para-hydroxylation sites is 1. The highest BCUT2D eigenvalue weighted by Crippen LogP contribution is 2.24. The number of fused-ring (bicyclic) bond motifs is 1. The van der Waals surface area contributed by atoms with Crippen LogP contribution in [0.1, 0.15) is 24.2 Å². The minimum absolute atomic E-state index is 0.0495. The number of aromatic nitrogens is 2. The monoisotopic (exact) mass is 189 g/mol. The summed E-state index contributed by atoms with van der Waals surface area (Å²) in [6, 6.07) is 6.24. The summed E-state index contributed by atoms with van der Waals surface area (Å²) in [7, 11) is 1.96. The molecular weight excluding hydrogens is 174 g/mol. The molecule has 1 unspecified atom stereocenters. The van der Waals surface area contributed by atoms with E-state index in [9.17, 15) is 0 Å². The van der Waals surface area contributed by atoms with Crippen molar-refractivity contribution >= 4 is 10.9 Å². The molecule has 0 amide bonds. The molecule has 3 heteroatoms. The Bertz CT molecular complexity index is 469. The maximum atomic E-state index is 5.92. The molecule has 1 aromatic carbocycles. The fourth-order valence-electron chi connectivity index (χ4n) is 1.91. The van der Waals surface area contributed by atoms with E-state index >= 15 is 0 Å². The predicted molar refractivity (Wildman–Crippen MR) is 58.1 cm³/mol. The van der Waals surface area contributed by atoms with Gasteiger partial charge in [-0.1, -0.05) is 18.2 Å². The van der Waals surface area contributed by atoms with Gasteiger partial charge in [0.2, 0.25) is 0 Å². The molecule has 0 bridgehead atoms. The van der Waals surface area contributed by atoms with Crippen molar-refractivity contribution in [1.29, 1.82) is 0 Å². The van der Waals surface area contributed by atoms with Crippen molar-refractivity contribution in [3.8, 4) is 0 Å². The summed E-state index contributed by atoms with van der Waals surface area (Å²) >= 11 is 0. The van der Waals surface area contributed by atoms with Gasteiger partial charge in [-0.25, -0.2) is 0 Å². The second-order valence-electron chi connectivity index (χ2n) is 3.74. The molecule has 0 radical (unpaired) electrons. The lowest BCUT2D eigenvalue weighted by atomic mass is 10.1. The molecule has 0 fully saturated rings. The molecular formula is C11H15N3. The standard InChI is InChI=1S/C11H15N3/c1-7(12)9-5-4-6-10-8(2)13-14(3)11(9)10/h4-7H,12H2,1-3H3. The van der Waals surface area contributed by atoms with Crippen molar-refractivity contribution in [3.05, 3.63) is 29.5 Å². The normalized spacial score (nSPS) is 13.4. The Morgan fingerprint density at radius 1 is 1.43 bits per heavy atom. The van der Waals surface area contributed by atoms with Crippen LogP contribution in [0.5, 0.6) is 0 Å². The minimum atomic E-state index is 0.0495. The average Bonchev–Trinajstić information content (AvgIpc) is 2.43. The fourth-order valence-corrected chi connectivity index (χ4v) is 1.91. The van der Waals surface area contributed by atoms with Crippen molar-refractivity contribution in [2.75, 3.05) is 0 Å². The number of nitrogens with zero attached hydrogens (tertiary/aromatic N) is 2. The van der Waals surface area contributed by atoms with Gasteiger partial charge in [0.25, 0.3) is 0 Å². The highest BCUT2D eigenvalue weighted by atomic mass is 15.3. The first-order valence-electron chi connectivity index (χ1n) is 4.79. The lowest BCUT2D eigenvalue weighted by Crippen LogP contribution is -2.07. The van der Waals surface area contributed by atoms with Crippen LogP contribution in [-0.2, 0) is 7.05 Å². The fraction of sp³-hybridized carbons (Fsp3) is 0.364. The van der Waals surface area contributed by atoms with E-state index in [1.165, 1.54) is 5.39 Å². The Morgan fingerprint density at radius 2 is 2.14 bits per heavy atom. The molecule has 0 aliphatic rings. The third-order valence-corrected chi connectivity index (χ3v) is 2.57. The van der Waals surface area contributed by atoms with Gasteiger partial charge in [-0.05, 0) is 19.4 Å². The first-order valence-corrected chi connectivity index (χ1v) is 4.79. The lowest BCUT2D eigenvalue weighted by Gasteiger charge is -2.08. The summed E-state index contributed by atoms with van der Waals surface area (Å²) in [5.74, 6) is 0. The van der Waals surface area contributed by atoms with Gasteiger partial charge in [-0.2, -0.15) is 5.10 Å². The van der Waals surface area contributed by atoms with Crippen LogP contribution in [0.15, 0.2) is 18.2 Å². The van der Waals surface area contributed by atoms with Gasteiger partial charge in [0, 0.05) is 18.5 Å². The van der Waals surface area contributed by atoms with Crippen molar-refractivity contribution < 1.29 is 0 Å². The third kappa shape index (κ3) is 1.21. The number of hydrogen-bond donors (Lipinski definition) is 1. The molecule has 2 aromatic rings. The topological polar surface area (TPSA) is 43.8 Å². The van der Waals surface area contributed by atoms with Crippen LogP contribution in [0.3, 0.4) is 0 Å². The largest absolute Gasteiger partial charge is 0.324 e. The average molecular weight is 189 g/mol. The van der Waals surface area contributed by atoms with Crippen LogP contribution in [0.2, 0.25) is 0 Å². The lowest BCUT2D eigenvalue weighted by molar-refractivity contribution is 0.761. The first-order chi connectivity index (χ1) is 6.61. The van der Waals surface area contributed by atoms with Crippen LogP contribution < -0.4 is 5.73 Å². The van der Waals surface area contributed by atoms with E-state index in [0.29, 0.717) is 0 Å². The van der Waals surface area contributed by atoms with Crippen molar-refractivity contribution in [2.24, 2.45) is 12.8 Å². The SMILES string of the molecule is Cc1nn(C)c2c(C(C)N)cccc12. The zero-order valence-electron chi connectivity index (χ0n) is 8.78. The summed E-state index contributed by atoms with van der Waals surface area (Å²) in [6.07, 6.45) is 0. The summed E-state index contributed by atoms with van der Waals surface area (Å²) in [4.78, 5) is 0. The Hall–Kier alpha value is -1.35. The van der Waals surface area contributed by atoms with E-state index in [4.69, 9.17) is 5.73 Å². The predicted octanol–water partition coefficient (Wildman–Crippen LogP) is 1.90. The van der Waals surface area contributed by atoms with Gasteiger partial charge in [-0.15, -0.1) is 0 Å². The van der Waals surface area contributed by atoms with Crippen molar-refractivity contribution in [1.82, 2.24) is 9.78 Å². The number of rotatable bonds is 1. The summed E-state index contributed by atoms with van der Waals surface area (Å²) in [5, 5.41) is 5.59. The van der Waals surface area contributed by atoms with Gasteiger partial charge in [0.05, 0.1) is 11.2 Å². The summed E-state index contributed by atoms with van der Waals surface area (Å²) in [6.45, 7) is 4.02. The Kier molecular flexibility index (Phi) is 2.04. The molecule has 74 valence electrons. The molecule has 1 atom stereocenters. The van der Waals surface area contributed by atoms with Crippen LogP contribution in [-0.4, -0.2) is 9.78 Å². The summed E-state index contributed by atoms with van der Waals surface area (Å²) in [5.41, 5.74) is 9.29. The van der Waals surface area contributed by atoms with E-state index in [2.05, 4.69) is 17.2 Å². The third-order valence-electron chi connectivity index (χ3n) is 2.57. The smallest absolute Gasteiger partial charge is 0.0729 e. The number of hydrogen-bond acceptors (Lipinski definition) is 2. The van der Waals surface area contributed by atoms with Gasteiger partial charge in [-0.3, -0.25) is 4.68 Å². The van der Waals surface area contributed by atoms with Gasteiger partial charge in [0.15, 0.2) is 0 Å². The maximum absolute atomic E-state index is 5.92.